The van der Waals surface area contributed by atoms with E-state index in [-0.39, 0.29) is 5.92 Å². The molecule has 32 heavy (non-hydrogen) atoms. The summed E-state index contributed by atoms with van der Waals surface area (Å²) in [7, 11) is 0. The van der Waals surface area contributed by atoms with Crippen LogP contribution in [0.15, 0.2) is 121 Å². The van der Waals surface area contributed by atoms with Crippen molar-refractivity contribution >= 4 is 0 Å². The summed E-state index contributed by atoms with van der Waals surface area (Å²) in [5, 5.41) is 0. The van der Waals surface area contributed by atoms with Crippen molar-refractivity contribution < 1.29 is 0 Å². The first-order valence-corrected chi connectivity index (χ1v) is 11.2. The van der Waals surface area contributed by atoms with Gasteiger partial charge in [-0.2, -0.15) is 0 Å². The molecule has 0 heteroatoms. The highest BCUT2D eigenvalue weighted by atomic mass is 14.4. The second kappa shape index (κ2) is 7.66. The van der Waals surface area contributed by atoms with Crippen LogP contribution in [0.3, 0.4) is 0 Å². The minimum absolute atomic E-state index is 0.237. The first-order chi connectivity index (χ1) is 15.8. The van der Waals surface area contributed by atoms with Crippen LogP contribution in [0.1, 0.15) is 28.2 Å². The standard InChI is InChI=1S/C32H24/c1-22-17-18-27-29(19-22)31(25-15-9-4-10-16-25)32-28(24-13-7-3-8-14-24)20-26(21-30(27)32)23-11-5-2-6-12-23/h2-21,31H,1H3. The van der Waals surface area contributed by atoms with Gasteiger partial charge >= 0.3 is 0 Å². The Bertz CT molecular complexity index is 1400. The molecule has 0 fully saturated rings. The Morgan fingerprint density at radius 1 is 0.469 bits per heavy atom. The molecular formula is C32H24. The monoisotopic (exact) mass is 408 g/mol. The normalized spacial score (nSPS) is 14.1. The van der Waals surface area contributed by atoms with Crippen LogP contribution in [0.2, 0.25) is 0 Å². The number of fused-ring (bicyclic) bond motifs is 3. The highest BCUT2D eigenvalue weighted by molar-refractivity contribution is 5.92. The van der Waals surface area contributed by atoms with Crippen LogP contribution in [0.5, 0.6) is 0 Å². The number of rotatable bonds is 3. The number of hydrogen-bond acceptors (Lipinski definition) is 0. The molecule has 152 valence electrons. The minimum Gasteiger partial charge on any atom is -0.0622 e. The van der Waals surface area contributed by atoms with E-state index in [1.54, 1.807) is 0 Å². The van der Waals surface area contributed by atoms with Gasteiger partial charge < -0.3 is 0 Å². The van der Waals surface area contributed by atoms with Crippen LogP contribution in [-0.4, -0.2) is 0 Å². The second-order valence-corrected chi connectivity index (χ2v) is 8.65. The highest BCUT2D eigenvalue weighted by Gasteiger charge is 2.33. The molecule has 0 aromatic heterocycles. The molecule has 0 saturated carbocycles. The zero-order valence-electron chi connectivity index (χ0n) is 18.1. The first kappa shape index (κ1) is 18.8. The summed E-state index contributed by atoms with van der Waals surface area (Å²) in [6.45, 7) is 2.19. The maximum absolute atomic E-state index is 2.40. The second-order valence-electron chi connectivity index (χ2n) is 8.65. The maximum atomic E-state index is 2.40. The smallest absolute Gasteiger partial charge is 0.0358 e. The molecule has 0 N–H and O–H groups in total. The first-order valence-electron chi connectivity index (χ1n) is 11.2. The quantitative estimate of drug-likeness (QED) is 0.275. The van der Waals surface area contributed by atoms with Gasteiger partial charge in [0, 0.05) is 5.92 Å². The molecule has 5 aromatic rings. The summed E-state index contributed by atoms with van der Waals surface area (Å²) in [6.07, 6.45) is 0. The maximum Gasteiger partial charge on any atom is 0.0358 e. The highest BCUT2D eigenvalue weighted by Crippen LogP contribution is 2.53. The largest absolute Gasteiger partial charge is 0.0622 e. The Morgan fingerprint density at radius 2 is 1.06 bits per heavy atom. The number of benzene rings is 5. The molecule has 0 saturated heterocycles. The molecule has 5 aromatic carbocycles. The summed E-state index contributed by atoms with van der Waals surface area (Å²) in [5.41, 5.74) is 13.3. The van der Waals surface area contributed by atoms with Crippen molar-refractivity contribution in [2.75, 3.05) is 0 Å². The van der Waals surface area contributed by atoms with E-state index < -0.39 is 0 Å². The van der Waals surface area contributed by atoms with Crippen LogP contribution in [0.4, 0.5) is 0 Å². The van der Waals surface area contributed by atoms with Gasteiger partial charge in [-0.05, 0) is 69.1 Å². The van der Waals surface area contributed by atoms with E-state index in [0.29, 0.717) is 0 Å². The molecule has 0 heterocycles. The third-order valence-corrected chi connectivity index (χ3v) is 6.60. The van der Waals surface area contributed by atoms with Crippen molar-refractivity contribution in [1.29, 1.82) is 0 Å². The van der Waals surface area contributed by atoms with Crippen molar-refractivity contribution in [3.05, 3.63) is 144 Å². The van der Waals surface area contributed by atoms with Gasteiger partial charge in [-0.3, -0.25) is 0 Å². The lowest BCUT2D eigenvalue weighted by Gasteiger charge is -2.20. The van der Waals surface area contributed by atoms with Crippen LogP contribution >= 0.6 is 0 Å². The van der Waals surface area contributed by atoms with E-state index in [1.807, 2.05) is 0 Å². The third kappa shape index (κ3) is 3.08. The van der Waals surface area contributed by atoms with Gasteiger partial charge in [-0.1, -0.05) is 115 Å². The Morgan fingerprint density at radius 3 is 1.75 bits per heavy atom. The van der Waals surface area contributed by atoms with Crippen molar-refractivity contribution in [3.63, 3.8) is 0 Å². The summed E-state index contributed by atoms with van der Waals surface area (Å²) < 4.78 is 0. The van der Waals surface area contributed by atoms with E-state index in [0.717, 1.165) is 0 Å². The van der Waals surface area contributed by atoms with Crippen LogP contribution < -0.4 is 0 Å². The summed E-state index contributed by atoms with van der Waals surface area (Å²) in [6, 6.07) is 44.3. The van der Waals surface area contributed by atoms with E-state index in [4.69, 9.17) is 0 Å². The Hall–Kier alpha value is -3.90. The summed E-state index contributed by atoms with van der Waals surface area (Å²) in [4.78, 5) is 0. The fourth-order valence-corrected chi connectivity index (χ4v) is 5.15. The molecule has 0 spiro atoms. The lowest BCUT2D eigenvalue weighted by atomic mass is 9.83. The van der Waals surface area contributed by atoms with Gasteiger partial charge in [-0.15, -0.1) is 0 Å². The average Bonchev–Trinajstić information content (AvgIpc) is 3.18. The SMILES string of the molecule is Cc1ccc2c(c1)C(c1ccccc1)c1c(-c3ccccc3)cc(-c3ccccc3)cc1-2. The van der Waals surface area contributed by atoms with E-state index in [9.17, 15) is 0 Å². The lowest BCUT2D eigenvalue weighted by molar-refractivity contribution is 1.01. The van der Waals surface area contributed by atoms with Crippen LogP contribution in [0, 0.1) is 6.92 Å². The van der Waals surface area contributed by atoms with E-state index in [2.05, 4.69) is 128 Å². The average molecular weight is 409 g/mol. The summed E-state index contributed by atoms with van der Waals surface area (Å²) >= 11 is 0. The Kier molecular flexibility index (Phi) is 4.51. The van der Waals surface area contributed by atoms with E-state index in [1.165, 1.54) is 55.6 Å². The fraction of sp³-hybridized carbons (Fsp3) is 0.0625. The predicted molar refractivity (Wildman–Crippen MR) is 135 cm³/mol. The molecule has 1 aliphatic rings. The zero-order chi connectivity index (χ0) is 21.5. The van der Waals surface area contributed by atoms with Gasteiger partial charge in [0.15, 0.2) is 0 Å². The molecule has 0 nitrogen and oxygen atoms in total. The van der Waals surface area contributed by atoms with Crippen molar-refractivity contribution in [3.8, 4) is 33.4 Å². The topological polar surface area (TPSA) is 0 Å². The Labute approximate surface area is 189 Å². The fourth-order valence-electron chi connectivity index (χ4n) is 5.15. The minimum atomic E-state index is 0.237. The zero-order valence-corrected chi connectivity index (χ0v) is 18.1. The number of aryl methyl sites for hydroxylation is 1. The van der Waals surface area contributed by atoms with Gasteiger partial charge in [0.1, 0.15) is 0 Å². The van der Waals surface area contributed by atoms with Gasteiger partial charge in [0.25, 0.3) is 0 Å². The van der Waals surface area contributed by atoms with Crippen LogP contribution in [-0.2, 0) is 0 Å². The third-order valence-electron chi connectivity index (χ3n) is 6.60. The molecule has 0 bridgehead atoms. The number of hydrogen-bond donors (Lipinski definition) is 0. The molecule has 1 unspecified atom stereocenters. The molecule has 0 radical (unpaired) electrons. The van der Waals surface area contributed by atoms with Crippen molar-refractivity contribution in [2.24, 2.45) is 0 Å². The van der Waals surface area contributed by atoms with Gasteiger partial charge in [0.05, 0.1) is 0 Å². The van der Waals surface area contributed by atoms with Gasteiger partial charge in [-0.25, -0.2) is 0 Å². The molecular weight excluding hydrogens is 384 g/mol. The molecule has 6 rings (SSSR count). The van der Waals surface area contributed by atoms with Gasteiger partial charge in [0.2, 0.25) is 0 Å². The molecule has 1 atom stereocenters. The predicted octanol–water partition coefficient (Wildman–Crippen LogP) is 8.49. The molecule has 0 amide bonds. The Balaban J connectivity index is 1.70. The molecule has 0 aliphatic heterocycles. The van der Waals surface area contributed by atoms with E-state index >= 15 is 0 Å². The van der Waals surface area contributed by atoms with Crippen LogP contribution in [0.25, 0.3) is 33.4 Å². The summed E-state index contributed by atoms with van der Waals surface area (Å²) in [5.74, 6) is 0.237. The molecule has 1 aliphatic carbocycles. The van der Waals surface area contributed by atoms with Crippen molar-refractivity contribution in [1.82, 2.24) is 0 Å². The lowest BCUT2D eigenvalue weighted by Crippen LogP contribution is -2.01. The van der Waals surface area contributed by atoms with Crippen molar-refractivity contribution in [2.45, 2.75) is 12.8 Å².